The van der Waals surface area contributed by atoms with E-state index in [1.807, 2.05) is 6.92 Å². The fourth-order valence-corrected chi connectivity index (χ4v) is 4.42. The zero-order valence-corrected chi connectivity index (χ0v) is 13.5. The molecule has 1 aromatic carbocycles. The van der Waals surface area contributed by atoms with E-state index in [1.54, 1.807) is 7.11 Å². The molecule has 1 saturated carbocycles. The van der Waals surface area contributed by atoms with E-state index in [2.05, 4.69) is 30.1 Å². The van der Waals surface area contributed by atoms with Gasteiger partial charge in [-0.1, -0.05) is 18.9 Å². The summed E-state index contributed by atoms with van der Waals surface area (Å²) in [6, 6.07) is 7.28. The van der Waals surface area contributed by atoms with Gasteiger partial charge < -0.3 is 14.4 Å². The van der Waals surface area contributed by atoms with E-state index >= 15 is 0 Å². The first-order chi connectivity index (χ1) is 10.2. The van der Waals surface area contributed by atoms with E-state index in [0.29, 0.717) is 18.1 Å². The van der Waals surface area contributed by atoms with Gasteiger partial charge in [0.2, 0.25) is 0 Å². The van der Waals surface area contributed by atoms with Crippen LogP contribution in [0.5, 0.6) is 11.5 Å². The maximum Gasteiger partial charge on any atom is 0.161 e. The van der Waals surface area contributed by atoms with E-state index in [4.69, 9.17) is 9.47 Å². The molecule has 0 radical (unpaired) electrons. The Hall–Kier alpha value is -1.22. The number of hydrogen-bond donors (Lipinski definition) is 0. The largest absolute Gasteiger partial charge is 0.493 e. The van der Waals surface area contributed by atoms with Crippen LogP contribution in [0.15, 0.2) is 18.2 Å². The molecule has 0 bridgehead atoms. The van der Waals surface area contributed by atoms with Gasteiger partial charge in [-0.15, -0.1) is 0 Å². The van der Waals surface area contributed by atoms with Crippen molar-refractivity contribution in [2.75, 3.05) is 27.3 Å². The van der Waals surface area contributed by atoms with Crippen LogP contribution in [-0.4, -0.2) is 38.3 Å². The number of likely N-dealkylation sites (tertiary alicyclic amines) is 1. The van der Waals surface area contributed by atoms with Gasteiger partial charge in [0.05, 0.1) is 13.7 Å². The molecule has 21 heavy (non-hydrogen) atoms. The van der Waals surface area contributed by atoms with Crippen molar-refractivity contribution in [2.24, 2.45) is 0 Å². The van der Waals surface area contributed by atoms with Gasteiger partial charge in [0.15, 0.2) is 11.5 Å². The average Bonchev–Trinajstić information content (AvgIpc) is 2.87. The Morgan fingerprint density at radius 1 is 1.24 bits per heavy atom. The number of nitrogens with zero attached hydrogens (tertiary/aromatic N) is 1. The lowest BCUT2D eigenvalue weighted by atomic mass is 9.66. The van der Waals surface area contributed by atoms with Crippen LogP contribution in [0.3, 0.4) is 0 Å². The Balaban J connectivity index is 1.98. The van der Waals surface area contributed by atoms with Crippen molar-refractivity contribution in [1.82, 2.24) is 4.90 Å². The minimum Gasteiger partial charge on any atom is -0.493 e. The summed E-state index contributed by atoms with van der Waals surface area (Å²) in [7, 11) is 4.02. The number of fused-ring (bicyclic) bond motifs is 1. The van der Waals surface area contributed by atoms with Crippen molar-refractivity contribution < 1.29 is 9.47 Å². The summed E-state index contributed by atoms with van der Waals surface area (Å²) >= 11 is 0. The SMILES string of the molecule is CCOc1ccc([C@@]23CCCCC2N(C)CC3)cc1OC. The molecule has 2 atom stereocenters. The second-order valence-electron chi connectivity index (χ2n) is 6.45. The van der Waals surface area contributed by atoms with Crippen LogP contribution < -0.4 is 9.47 Å². The van der Waals surface area contributed by atoms with Gasteiger partial charge in [0.25, 0.3) is 0 Å². The van der Waals surface area contributed by atoms with Crippen LogP contribution in [0.2, 0.25) is 0 Å². The highest BCUT2D eigenvalue weighted by Crippen LogP contribution is 2.49. The molecule has 2 aliphatic rings. The highest BCUT2D eigenvalue weighted by Gasteiger charge is 2.48. The molecule has 1 aliphatic carbocycles. The summed E-state index contributed by atoms with van der Waals surface area (Å²) < 4.78 is 11.2. The molecule has 1 saturated heterocycles. The predicted molar refractivity (Wildman–Crippen MR) is 85.3 cm³/mol. The number of ether oxygens (including phenoxy) is 2. The Morgan fingerprint density at radius 2 is 2.10 bits per heavy atom. The Labute approximate surface area is 128 Å². The van der Waals surface area contributed by atoms with Crippen LogP contribution in [0.1, 0.15) is 44.6 Å². The number of likely N-dealkylation sites (N-methyl/N-ethyl adjacent to an activating group) is 1. The van der Waals surface area contributed by atoms with Gasteiger partial charge in [0, 0.05) is 11.5 Å². The molecule has 116 valence electrons. The molecule has 0 N–H and O–H groups in total. The normalized spacial score (nSPS) is 29.2. The van der Waals surface area contributed by atoms with Crippen LogP contribution in [0, 0.1) is 0 Å². The third-order valence-corrected chi connectivity index (χ3v) is 5.47. The third-order valence-electron chi connectivity index (χ3n) is 5.47. The Morgan fingerprint density at radius 3 is 2.86 bits per heavy atom. The maximum atomic E-state index is 5.66. The van der Waals surface area contributed by atoms with Gasteiger partial charge in [-0.3, -0.25) is 0 Å². The van der Waals surface area contributed by atoms with Gasteiger partial charge in [-0.25, -0.2) is 0 Å². The lowest BCUT2D eigenvalue weighted by Gasteiger charge is -2.42. The maximum absolute atomic E-state index is 5.66. The van der Waals surface area contributed by atoms with E-state index in [0.717, 1.165) is 11.5 Å². The summed E-state index contributed by atoms with van der Waals surface area (Å²) in [6.07, 6.45) is 6.61. The quantitative estimate of drug-likeness (QED) is 0.845. The third kappa shape index (κ3) is 2.42. The molecular weight excluding hydrogens is 262 g/mol. The minimum absolute atomic E-state index is 0.324. The topological polar surface area (TPSA) is 21.7 Å². The van der Waals surface area contributed by atoms with Crippen molar-refractivity contribution in [2.45, 2.75) is 50.5 Å². The lowest BCUT2D eigenvalue weighted by Crippen LogP contribution is -2.43. The van der Waals surface area contributed by atoms with Crippen molar-refractivity contribution in [3.63, 3.8) is 0 Å². The van der Waals surface area contributed by atoms with E-state index in [1.165, 1.54) is 44.2 Å². The molecule has 0 spiro atoms. The van der Waals surface area contributed by atoms with Crippen molar-refractivity contribution in [3.05, 3.63) is 23.8 Å². The highest BCUT2D eigenvalue weighted by molar-refractivity contribution is 5.46. The molecule has 0 amide bonds. The molecule has 1 heterocycles. The molecule has 1 unspecified atom stereocenters. The molecule has 2 fully saturated rings. The van der Waals surface area contributed by atoms with Crippen LogP contribution in [0.25, 0.3) is 0 Å². The van der Waals surface area contributed by atoms with Gasteiger partial charge in [-0.05, 0) is 57.5 Å². The molecule has 0 aromatic heterocycles. The predicted octanol–water partition coefficient (Wildman–Crippen LogP) is 3.61. The molecular formula is C18H27NO2. The number of hydrogen-bond acceptors (Lipinski definition) is 3. The van der Waals surface area contributed by atoms with Gasteiger partial charge in [0.1, 0.15) is 0 Å². The number of benzene rings is 1. The Kier molecular flexibility index (Phi) is 4.12. The monoisotopic (exact) mass is 289 g/mol. The number of rotatable bonds is 4. The Bertz CT molecular complexity index is 498. The summed E-state index contributed by atoms with van der Waals surface area (Å²) in [4.78, 5) is 2.56. The van der Waals surface area contributed by atoms with Crippen molar-refractivity contribution in [3.8, 4) is 11.5 Å². The second-order valence-corrected chi connectivity index (χ2v) is 6.45. The molecule has 3 heteroatoms. The molecule has 3 rings (SSSR count). The summed E-state index contributed by atoms with van der Waals surface area (Å²) in [5.74, 6) is 1.74. The van der Waals surface area contributed by atoms with Crippen LogP contribution in [-0.2, 0) is 5.41 Å². The first-order valence-electron chi connectivity index (χ1n) is 8.23. The fourth-order valence-electron chi connectivity index (χ4n) is 4.42. The highest BCUT2D eigenvalue weighted by atomic mass is 16.5. The van der Waals surface area contributed by atoms with E-state index < -0.39 is 0 Å². The smallest absolute Gasteiger partial charge is 0.161 e. The van der Waals surface area contributed by atoms with E-state index in [-0.39, 0.29) is 0 Å². The van der Waals surface area contributed by atoms with Gasteiger partial charge >= 0.3 is 0 Å². The zero-order valence-electron chi connectivity index (χ0n) is 13.5. The summed E-state index contributed by atoms with van der Waals surface area (Å²) in [6.45, 7) is 3.89. The number of methoxy groups -OCH3 is 1. The molecule has 1 aromatic rings. The second kappa shape index (κ2) is 5.88. The van der Waals surface area contributed by atoms with Crippen LogP contribution >= 0.6 is 0 Å². The molecule has 1 aliphatic heterocycles. The minimum atomic E-state index is 0.324. The standard InChI is InChI=1S/C18H27NO2/c1-4-21-15-9-8-14(13-16(15)20-3)18-10-6-5-7-17(18)19(2)12-11-18/h8-9,13,17H,4-7,10-12H2,1-3H3/t17?,18-/m0/s1. The molecule has 3 nitrogen and oxygen atoms in total. The lowest BCUT2D eigenvalue weighted by molar-refractivity contribution is 0.181. The summed E-state index contributed by atoms with van der Waals surface area (Å²) in [5.41, 5.74) is 1.77. The first kappa shape index (κ1) is 14.7. The zero-order chi connectivity index (χ0) is 14.9. The fraction of sp³-hybridized carbons (Fsp3) is 0.667. The average molecular weight is 289 g/mol. The van der Waals surface area contributed by atoms with E-state index in [9.17, 15) is 0 Å². The first-order valence-corrected chi connectivity index (χ1v) is 8.23. The van der Waals surface area contributed by atoms with Crippen LogP contribution in [0.4, 0.5) is 0 Å². The van der Waals surface area contributed by atoms with Gasteiger partial charge in [-0.2, -0.15) is 0 Å². The van der Waals surface area contributed by atoms with Crippen molar-refractivity contribution >= 4 is 0 Å². The van der Waals surface area contributed by atoms with Crippen molar-refractivity contribution in [1.29, 1.82) is 0 Å². The summed E-state index contributed by atoms with van der Waals surface area (Å²) in [5, 5.41) is 0.